The Morgan fingerprint density at radius 3 is 2.56 bits per heavy atom. The second-order valence-corrected chi connectivity index (χ2v) is 5.70. The summed E-state index contributed by atoms with van der Waals surface area (Å²) in [5, 5.41) is 9.59. The van der Waals surface area contributed by atoms with Crippen molar-refractivity contribution in [2.75, 3.05) is 5.32 Å². The van der Waals surface area contributed by atoms with E-state index in [1.165, 1.54) is 4.57 Å². The summed E-state index contributed by atoms with van der Waals surface area (Å²) in [4.78, 5) is 24.1. The van der Waals surface area contributed by atoms with Gasteiger partial charge in [-0.15, -0.1) is 0 Å². The molecule has 1 atom stereocenters. The number of benzene rings is 1. The number of urea groups is 1. The van der Waals surface area contributed by atoms with Crippen molar-refractivity contribution in [3.8, 4) is 5.69 Å². The Kier molecular flexibility index (Phi) is 4.65. The number of hydrogen-bond donors (Lipinski definition) is 2. The van der Waals surface area contributed by atoms with Gasteiger partial charge in [-0.2, -0.15) is 5.10 Å². The van der Waals surface area contributed by atoms with Crippen LogP contribution in [0.5, 0.6) is 0 Å². The van der Waals surface area contributed by atoms with E-state index in [2.05, 4.69) is 15.7 Å². The molecule has 128 valence electrons. The maximum Gasteiger partial charge on any atom is 0.319 e. The zero-order valence-corrected chi connectivity index (χ0v) is 14.0. The standard InChI is InChI=1S/C18H19N5O2/c1-13(14-6-8-15(9-7-14)23-12-4-10-19-23)20-18(25)21-16-5-3-11-22(2)17(16)24/h3-13H,1-2H3,(H2,20,21,25). The summed E-state index contributed by atoms with van der Waals surface area (Å²) in [6, 6.07) is 12.2. The average molecular weight is 337 g/mol. The van der Waals surface area contributed by atoms with Crippen molar-refractivity contribution in [3.63, 3.8) is 0 Å². The highest BCUT2D eigenvalue weighted by Gasteiger charge is 2.11. The molecule has 2 amide bonds. The van der Waals surface area contributed by atoms with Crippen LogP contribution in [0.4, 0.5) is 10.5 Å². The van der Waals surface area contributed by atoms with Crippen LogP contribution in [0, 0.1) is 0 Å². The van der Waals surface area contributed by atoms with Gasteiger partial charge < -0.3 is 15.2 Å². The molecule has 0 radical (unpaired) electrons. The molecule has 0 fully saturated rings. The molecule has 7 nitrogen and oxygen atoms in total. The van der Waals surface area contributed by atoms with Crippen molar-refractivity contribution in [2.45, 2.75) is 13.0 Å². The normalized spacial score (nSPS) is 11.8. The monoisotopic (exact) mass is 337 g/mol. The molecule has 1 unspecified atom stereocenters. The molecule has 2 N–H and O–H groups in total. The van der Waals surface area contributed by atoms with Crippen molar-refractivity contribution < 1.29 is 4.79 Å². The molecule has 0 bridgehead atoms. The van der Waals surface area contributed by atoms with Crippen molar-refractivity contribution in [3.05, 3.63) is 77.0 Å². The van der Waals surface area contributed by atoms with E-state index in [1.54, 1.807) is 36.3 Å². The van der Waals surface area contributed by atoms with E-state index in [-0.39, 0.29) is 17.3 Å². The number of pyridine rings is 1. The molecule has 0 spiro atoms. The van der Waals surface area contributed by atoms with E-state index in [4.69, 9.17) is 0 Å². The molecule has 0 aliphatic heterocycles. The minimum absolute atomic E-state index is 0.209. The van der Waals surface area contributed by atoms with Gasteiger partial charge in [0, 0.05) is 25.6 Å². The van der Waals surface area contributed by atoms with E-state index in [0.717, 1.165) is 11.3 Å². The molecule has 1 aromatic carbocycles. The van der Waals surface area contributed by atoms with Gasteiger partial charge in [-0.25, -0.2) is 9.48 Å². The van der Waals surface area contributed by atoms with Crippen LogP contribution in [-0.4, -0.2) is 20.4 Å². The van der Waals surface area contributed by atoms with Gasteiger partial charge in [-0.3, -0.25) is 4.79 Å². The lowest BCUT2D eigenvalue weighted by atomic mass is 10.1. The van der Waals surface area contributed by atoms with Gasteiger partial charge in [0.1, 0.15) is 5.69 Å². The largest absolute Gasteiger partial charge is 0.331 e. The van der Waals surface area contributed by atoms with Crippen molar-refractivity contribution in [1.29, 1.82) is 0 Å². The molecule has 0 aliphatic rings. The SMILES string of the molecule is CC(NC(=O)Nc1cccn(C)c1=O)c1ccc(-n2cccn2)cc1. The van der Waals surface area contributed by atoms with Gasteiger partial charge in [-0.05, 0) is 42.8 Å². The molecule has 25 heavy (non-hydrogen) atoms. The van der Waals surface area contributed by atoms with Crippen LogP contribution in [0.3, 0.4) is 0 Å². The van der Waals surface area contributed by atoms with Crippen LogP contribution >= 0.6 is 0 Å². The first kappa shape index (κ1) is 16.5. The number of hydrogen-bond acceptors (Lipinski definition) is 3. The lowest BCUT2D eigenvalue weighted by molar-refractivity contribution is 0.249. The molecular formula is C18H19N5O2. The number of nitrogens with one attached hydrogen (secondary N) is 2. The summed E-state index contributed by atoms with van der Waals surface area (Å²) in [5.41, 5.74) is 1.88. The molecule has 3 rings (SSSR count). The number of carbonyl (C=O) groups is 1. The topological polar surface area (TPSA) is 81.0 Å². The zero-order chi connectivity index (χ0) is 17.8. The molecule has 2 heterocycles. The molecule has 0 saturated carbocycles. The number of rotatable bonds is 4. The Labute approximate surface area is 144 Å². The summed E-state index contributed by atoms with van der Waals surface area (Å²) < 4.78 is 3.17. The fourth-order valence-corrected chi connectivity index (χ4v) is 2.47. The maximum absolute atomic E-state index is 12.1. The number of aromatic nitrogens is 3. The maximum atomic E-state index is 12.1. The van der Waals surface area contributed by atoms with Crippen LogP contribution in [0.15, 0.2) is 65.8 Å². The third-order valence-corrected chi connectivity index (χ3v) is 3.88. The quantitative estimate of drug-likeness (QED) is 0.767. The van der Waals surface area contributed by atoms with Crippen molar-refractivity contribution in [2.24, 2.45) is 7.05 Å². The van der Waals surface area contributed by atoms with E-state index >= 15 is 0 Å². The zero-order valence-electron chi connectivity index (χ0n) is 14.0. The number of aryl methyl sites for hydroxylation is 1. The van der Waals surface area contributed by atoms with Crippen molar-refractivity contribution >= 4 is 11.7 Å². The Morgan fingerprint density at radius 2 is 1.88 bits per heavy atom. The molecule has 0 saturated heterocycles. The minimum atomic E-state index is -0.424. The van der Waals surface area contributed by atoms with E-state index in [9.17, 15) is 9.59 Å². The molecular weight excluding hydrogens is 318 g/mol. The van der Waals surface area contributed by atoms with Gasteiger partial charge in [0.2, 0.25) is 0 Å². The molecule has 2 aromatic heterocycles. The molecule has 7 heteroatoms. The van der Waals surface area contributed by atoms with Gasteiger partial charge in [0.25, 0.3) is 5.56 Å². The third kappa shape index (κ3) is 3.77. The summed E-state index contributed by atoms with van der Waals surface area (Å²) in [5.74, 6) is 0. The number of amides is 2. The first-order valence-corrected chi connectivity index (χ1v) is 7.88. The molecule has 3 aromatic rings. The van der Waals surface area contributed by atoms with Crippen LogP contribution in [0.2, 0.25) is 0 Å². The summed E-state index contributed by atoms with van der Waals surface area (Å²) in [7, 11) is 1.63. The third-order valence-electron chi connectivity index (χ3n) is 3.88. The predicted octanol–water partition coefficient (Wildman–Crippen LogP) is 2.45. The highest BCUT2D eigenvalue weighted by molar-refractivity contribution is 5.89. The van der Waals surface area contributed by atoms with Gasteiger partial charge in [-0.1, -0.05) is 12.1 Å². The van der Waals surface area contributed by atoms with Crippen LogP contribution in [-0.2, 0) is 7.05 Å². The first-order valence-electron chi connectivity index (χ1n) is 7.88. The lowest BCUT2D eigenvalue weighted by Crippen LogP contribution is -2.33. The number of nitrogens with zero attached hydrogens (tertiary/aromatic N) is 3. The van der Waals surface area contributed by atoms with Gasteiger partial charge in [0.05, 0.1) is 11.7 Å². The predicted molar refractivity (Wildman–Crippen MR) is 95.8 cm³/mol. The Balaban J connectivity index is 1.65. The number of carbonyl (C=O) groups excluding carboxylic acids is 1. The first-order chi connectivity index (χ1) is 12.0. The number of anilines is 1. The highest BCUT2D eigenvalue weighted by atomic mass is 16.2. The summed E-state index contributed by atoms with van der Waals surface area (Å²) in [6.45, 7) is 1.88. The fraction of sp³-hybridized carbons (Fsp3) is 0.167. The Hall–Kier alpha value is -3.35. The summed E-state index contributed by atoms with van der Waals surface area (Å²) in [6.07, 6.45) is 5.22. The van der Waals surface area contributed by atoms with E-state index in [1.807, 2.05) is 43.5 Å². The van der Waals surface area contributed by atoms with E-state index < -0.39 is 6.03 Å². The lowest BCUT2D eigenvalue weighted by Gasteiger charge is -2.15. The van der Waals surface area contributed by atoms with Crippen LogP contribution < -0.4 is 16.2 Å². The van der Waals surface area contributed by atoms with Crippen molar-refractivity contribution in [1.82, 2.24) is 19.7 Å². The minimum Gasteiger partial charge on any atom is -0.331 e. The fourth-order valence-electron chi connectivity index (χ4n) is 2.47. The van der Waals surface area contributed by atoms with Crippen LogP contribution in [0.1, 0.15) is 18.5 Å². The Morgan fingerprint density at radius 1 is 1.12 bits per heavy atom. The highest BCUT2D eigenvalue weighted by Crippen LogP contribution is 2.15. The smallest absolute Gasteiger partial charge is 0.319 e. The second kappa shape index (κ2) is 7.04. The second-order valence-electron chi connectivity index (χ2n) is 5.70. The summed E-state index contributed by atoms with van der Waals surface area (Å²) >= 11 is 0. The van der Waals surface area contributed by atoms with Crippen LogP contribution in [0.25, 0.3) is 5.69 Å². The average Bonchev–Trinajstić information content (AvgIpc) is 3.13. The Bertz CT molecular complexity index is 913. The van der Waals surface area contributed by atoms with Gasteiger partial charge >= 0.3 is 6.03 Å². The van der Waals surface area contributed by atoms with Gasteiger partial charge in [0.15, 0.2) is 0 Å². The van der Waals surface area contributed by atoms with E-state index in [0.29, 0.717) is 0 Å². The molecule has 0 aliphatic carbocycles.